The van der Waals surface area contributed by atoms with Crippen molar-refractivity contribution in [3.63, 3.8) is 0 Å². The Balaban J connectivity index is 1.50. The van der Waals surface area contributed by atoms with E-state index in [9.17, 15) is 13.2 Å². The molecule has 0 fully saturated rings. The largest absolute Gasteiger partial charge is 0.353 e. The fourth-order valence-corrected chi connectivity index (χ4v) is 4.91. The number of nitrogens with zero attached hydrogens (tertiary/aromatic N) is 1. The Hall–Kier alpha value is -1.74. The van der Waals surface area contributed by atoms with Crippen molar-refractivity contribution in [2.45, 2.75) is 23.2 Å². The lowest BCUT2D eigenvalue weighted by atomic mass is 9.94. The molecular weight excluding hydrogens is 358 g/mol. The number of carbonyl (C=O) groups is 1. The topological polar surface area (TPSA) is 78.5 Å². The second-order valence-electron chi connectivity index (χ2n) is 6.10. The molecule has 1 aliphatic rings. The Kier molecular flexibility index (Phi) is 5.53. The highest BCUT2D eigenvalue weighted by Gasteiger charge is 2.23. The van der Waals surface area contributed by atoms with Gasteiger partial charge in [0.25, 0.3) is 10.0 Å². The van der Waals surface area contributed by atoms with Gasteiger partial charge in [0.05, 0.1) is 6.54 Å². The third-order valence-electron chi connectivity index (χ3n) is 4.33. The number of thiophene rings is 1. The van der Waals surface area contributed by atoms with Crippen molar-refractivity contribution in [3.8, 4) is 0 Å². The fourth-order valence-electron chi connectivity index (χ4n) is 2.89. The number of nitrogens with one attached hydrogen (secondary N) is 2. The monoisotopic (exact) mass is 379 g/mol. The SMILES string of the molecule is CN1Cc2ccccc2C[C@@H]1CNC(=O)CNS(=O)(=O)c1cccs1. The van der Waals surface area contributed by atoms with Gasteiger partial charge in [-0.2, -0.15) is 0 Å². The van der Waals surface area contributed by atoms with Crippen LogP contribution in [0.4, 0.5) is 0 Å². The number of hydrogen-bond acceptors (Lipinski definition) is 5. The van der Waals surface area contributed by atoms with Crippen LogP contribution in [-0.4, -0.2) is 45.4 Å². The molecule has 134 valence electrons. The van der Waals surface area contributed by atoms with Gasteiger partial charge in [-0.05, 0) is 36.0 Å². The molecule has 1 amide bonds. The molecule has 2 aromatic rings. The highest BCUT2D eigenvalue weighted by Crippen LogP contribution is 2.21. The molecule has 0 aliphatic carbocycles. The summed E-state index contributed by atoms with van der Waals surface area (Å²) in [6.07, 6.45) is 0.869. The molecule has 0 saturated heterocycles. The molecule has 1 atom stereocenters. The molecule has 2 heterocycles. The average molecular weight is 380 g/mol. The minimum atomic E-state index is -3.61. The van der Waals surface area contributed by atoms with E-state index in [1.165, 1.54) is 17.2 Å². The maximum absolute atomic E-state index is 12.0. The van der Waals surface area contributed by atoms with Crippen molar-refractivity contribution in [1.82, 2.24) is 14.9 Å². The van der Waals surface area contributed by atoms with E-state index >= 15 is 0 Å². The van der Waals surface area contributed by atoms with Crippen LogP contribution in [0.5, 0.6) is 0 Å². The summed E-state index contributed by atoms with van der Waals surface area (Å²) >= 11 is 1.12. The molecule has 8 heteroatoms. The number of amides is 1. The highest BCUT2D eigenvalue weighted by molar-refractivity contribution is 7.91. The van der Waals surface area contributed by atoms with Crippen LogP contribution >= 0.6 is 11.3 Å². The Bertz CT molecular complexity index is 835. The number of rotatable bonds is 6. The standard InChI is InChI=1S/C17H21N3O3S2/c1-20-12-14-6-3-2-5-13(14)9-15(20)10-18-16(21)11-19-25(22,23)17-7-4-8-24-17/h2-8,15,19H,9-12H2,1H3,(H,18,21)/t15-/m1/s1. The lowest BCUT2D eigenvalue weighted by Crippen LogP contribution is -2.47. The normalized spacial score (nSPS) is 17.9. The molecule has 1 aromatic heterocycles. The molecule has 1 aromatic carbocycles. The van der Waals surface area contributed by atoms with Gasteiger partial charge in [-0.3, -0.25) is 9.69 Å². The van der Waals surface area contributed by atoms with E-state index in [2.05, 4.69) is 27.1 Å². The summed E-state index contributed by atoms with van der Waals surface area (Å²) in [6.45, 7) is 1.08. The van der Waals surface area contributed by atoms with E-state index in [-0.39, 0.29) is 22.7 Å². The van der Waals surface area contributed by atoms with E-state index in [4.69, 9.17) is 0 Å². The summed E-state index contributed by atoms with van der Waals surface area (Å²) in [7, 11) is -1.57. The van der Waals surface area contributed by atoms with Gasteiger partial charge < -0.3 is 5.32 Å². The van der Waals surface area contributed by atoms with Crippen molar-refractivity contribution >= 4 is 27.3 Å². The van der Waals surface area contributed by atoms with Crippen LogP contribution in [0, 0.1) is 0 Å². The smallest absolute Gasteiger partial charge is 0.250 e. The number of fused-ring (bicyclic) bond motifs is 1. The van der Waals surface area contributed by atoms with E-state index in [1.54, 1.807) is 11.4 Å². The van der Waals surface area contributed by atoms with Gasteiger partial charge in [0, 0.05) is 19.1 Å². The van der Waals surface area contributed by atoms with E-state index in [0.717, 1.165) is 24.3 Å². The van der Waals surface area contributed by atoms with Crippen molar-refractivity contribution in [2.24, 2.45) is 0 Å². The summed E-state index contributed by atoms with van der Waals surface area (Å²) in [5.41, 5.74) is 2.62. The molecule has 0 bridgehead atoms. The molecule has 0 radical (unpaired) electrons. The van der Waals surface area contributed by atoms with Crippen LogP contribution < -0.4 is 10.0 Å². The average Bonchev–Trinajstić information content (AvgIpc) is 3.14. The predicted molar refractivity (Wildman–Crippen MR) is 97.9 cm³/mol. The molecule has 3 rings (SSSR count). The Labute approximate surface area is 151 Å². The minimum absolute atomic E-state index is 0.202. The van der Waals surface area contributed by atoms with Crippen molar-refractivity contribution < 1.29 is 13.2 Å². The van der Waals surface area contributed by atoms with Gasteiger partial charge in [0.2, 0.25) is 5.91 Å². The zero-order valence-electron chi connectivity index (χ0n) is 13.9. The van der Waals surface area contributed by atoms with Gasteiger partial charge >= 0.3 is 0 Å². The number of sulfonamides is 1. The lowest BCUT2D eigenvalue weighted by molar-refractivity contribution is -0.120. The molecule has 0 unspecified atom stereocenters. The van der Waals surface area contributed by atoms with E-state index < -0.39 is 10.0 Å². The Morgan fingerprint density at radius 1 is 1.24 bits per heavy atom. The predicted octanol–water partition coefficient (Wildman–Crippen LogP) is 1.20. The zero-order chi connectivity index (χ0) is 17.9. The zero-order valence-corrected chi connectivity index (χ0v) is 15.6. The second kappa shape index (κ2) is 7.65. The fraction of sp³-hybridized carbons (Fsp3) is 0.353. The molecule has 25 heavy (non-hydrogen) atoms. The van der Waals surface area contributed by atoms with Crippen LogP contribution in [0.15, 0.2) is 46.0 Å². The summed E-state index contributed by atoms with van der Waals surface area (Å²) in [6, 6.07) is 11.7. The van der Waals surface area contributed by atoms with Crippen LogP contribution in [0.1, 0.15) is 11.1 Å². The van der Waals surface area contributed by atoms with Gasteiger partial charge in [0.1, 0.15) is 4.21 Å². The molecule has 0 spiro atoms. The molecule has 0 saturated carbocycles. The summed E-state index contributed by atoms with van der Waals surface area (Å²) in [5.74, 6) is -0.326. The van der Waals surface area contributed by atoms with Crippen molar-refractivity contribution in [2.75, 3.05) is 20.1 Å². The van der Waals surface area contributed by atoms with Crippen LogP contribution in [0.25, 0.3) is 0 Å². The van der Waals surface area contributed by atoms with Gasteiger partial charge in [-0.1, -0.05) is 30.3 Å². The summed E-state index contributed by atoms with van der Waals surface area (Å²) in [5, 5.41) is 4.51. The quantitative estimate of drug-likeness (QED) is 0.791. The van der Waals surface area contributed by atoms with Gasteiger partial charge in [-0.25, -0.2) is 13.1 Å². The maximum Gasteiger partial charge on any atom is 0.250 e. The first kappa shape index (κ1) is 18.1. The molecule has 2 N–H and O–H groups in total. The van der Waals surface area contributed by atoms with Gasteiger partial charge in [-0.15, -0.1) is 11.3 Å². The molecule has 6 nitrogen and oxygen atoms in total. The first-order valence-corrected chi connectivity index (χ1v) is 10.4. The Morgan fingerprint density at radius 2 is 2.00 bits per heavy atom. The molecule has 1 aliphatic heterocycles. The highest BCUT2D eigenvalue weighted by atomic mass is 32.2. The van der Waals surface area contributed by atoms with E-state index in [1.807, 2.05) is 19.2 Å². The molecular formula is C17H21N3O3S2. The lowest BCUT2D eigenvalue weighted by Gasteiger charge is -2.34. The van der Waals surface area contributed by atoms with Crippen molar-refractivity contribution in [1.29, 1.82) is 0 Å². The number of carbonyl (C=O) groups excluding carboxylic acids is 1. The van der Waals surface area contributed by atoms with Crippen molar-refractivity contribution in [3.05, 3.63) is 52.9 Å². The van der Waals surface area contributed by atoms with E-state index in [0.29, 0.717) is 6.54 Å². The van der Waals surface area contributed by atoms with Crippen LogP contribution in [0.2, 0.25) is 0 Å². The third kappa shape index (κ3) is 4.46. The maximum atomic E-state index is 12.0. The van der Waals surface area contributed by atoms with Crippen LogP contribution in [0.3, 0.4) is 0 Å². The van der Waals surface area contributed by atoms with Gasteiger partial charge in [0.15, 0.2) is 0 Å². The number of likely N-dealkylation sites (N-methyl/N-ethyl adjacent to an activating group) is 1. The first-order valence-electron chi connectivity index (χ1n) is 8.02. The summed E-state index contributed by atoms with van der Waals surface area (Å²) < 4.78 is 26.6. The van der Waals surface area contributed by atoms with Crippen LogP contribution in [-0.2, 0) is 27.8 Å². The minimum Gasteiger partial charge on any atom is -0.353 e. The third-order valence-corrected chi connectivity index (χ3v) is 7.13. The second-order valence-corrected chi connectivity index (χ2v) is 9.04. The Morgan fingerprint density at radius 3 is 2.72 bits per heavy atom. The number of hydrogen-bond donors (Lipinski definition) is 2. The summed E-state index contributed by atoms with van der Waals surface area (Å²) in [4.78, 5) is 14.2. The number of benzene rings is 1. The first-order chi connectivity index (χ1) is 12.0.